The molecule has 3 rings (SSSR count). The van der Waals surface area contributed by atoms with E-state index in [2.05, 4.69) is 16.0 Å². The number of hydrogen-bond acceptors (Lipinski definition) is 4. The van der Waals surface area contributed by atoms with Gasteiger partial charge in [0.1, 0.15) is 5.75 Å². The van der Waals surface area contributed by atoms with Crippen molar-refractivity contribution in [3.63, 3.8) is 0 Å². The van der Waals surface area contributed by atoms with Gasteiger partial charge in [0.05, 0.1) is 12.8 Å². The number of anilines is 1. The fourth-order valence-electron chi connectivity index (χ4n) is 3.03. The molecule has 1 saturated heterocycles. The van der Waals surface area contributed by atoms with Gasteiger partial charge in [0.25, 0.3) is 0 Å². The highest BCUT2D eigenvalue weighted by atomic mass is 16.5. The van der Waals surface area contributed by atoms with Crippen molar-refractivity contribution in [2.45, 2.75) is 12.8 Å². The molecule has 0 bridgehead atoms. The number of methoxy groups -OCH3 is 1. The molecule has 5 heteroatoms. The lowest BCUT2D eigenvalue weighted by Gasteiger charge is -2.36. The highest BCUT2D eigenvalue weighted by molar-refractivity contribution is 5.76. The number of piperazine rings is 1. The lowest BCUT2D eigenvalue weighted by atomic mass is 10.2. The number of nitrogens with zero attached hydrogens (tertiary/aromatic N) is 3. The Morgan fingerprint density at radius 1 is 1.08 bits per heavy atom. The molecule has 24 heavy (non-hydrogen) atoms. The number of carbonyl (C=O) groups is 1. The molecule has 1 aromatic heterocycles. The summed E-state index contributed by atoms with van der Waals surface area (Å²) >= 11 is 0. The zero-order valence-corrected chi connectivity index (χ0v) is 14.0. The van der Waals surface area contributed by atoms with Crippen LogP contribution in [0.2, 0.25) is 0 Å². The highest BCUT2D eigenvalue weighted by Crippen LogP contribution is 2.28. The predicted molar refractivity (Wildman–Crippen MR) is 94.3 cm³/mol. The largest absolute Gasteiger partial charge is 0.495 e. The van der Waals surface area contributed by atoms with Crippen molar-refractivity contribution in [1.82, 2.24) is 9.88 Å². The van der Waals surface area contributed by atoms with Crippen LogP contribution in [0.25, 0.3) is 0 Å². The van der Waals surface area contributed by atoms with Gasteiger partial charge in [0.15, 0.2) is 0 Å². The number of aryl methyl sites for hydroxylation is 1. The molecular formula is C19H23N3O2. The quantitative estimate of drug-likeness (QED) is 0.847. The van der Waals surface area contributed by atoms with Crippen LogP contribution < -0.4 is 9.64 Å². The predicted octanol–water partition coefficient (Wildman–Crippen LogP) is 2.37. The van der Waals surface area contributed by atoms with Gasteiger partial charge in [-0.2, -0.15) is 0 Å². The fraction of sp³-hybridized carbons (Fsp3) is 0.368. The Morgan fingerprint density at radius 3 is 2.54 bits per heavy atom. The van der Waals surface area contributed by atoms with Crippen LogP contribution in [-0.4, -0.2) is 49.1 Å². The molecule has 126 valence electrons. The summed E-state index contributed by atoms with van der Waals surface area (Å²) in [6.45, 7) is 3.16. The molecule has 1 aliphatic rings. The molecule has 0 atom stereocenters. The van der Waals surface area contributed by atoms with Crippen LogP contribution in [-0.2, 0) is 11.2 Å². The van der Waals surface area contributed by atoms with Crippen molar-refractivity contribution in [1.29, 1.82) is 0 Å². The third-order valence-electron chi connectivity index (χ3n) is 4.38. The standard InChI is InChI=1S/C19H23N3O2/c1-24-18-8-3-2-7-17(18)21-12-14-22(15-13-21)19(23)10-9-16-6-4-5-11-20-16/h2-8,11H,9-10,12-15H2,1H3. The maximum Gasteiger partial charge on any atom is 0.223 e. The maximum absolute atomic E-state index is 12.4. The Kier molecular flexibility index (Phi) is 5.31. The fourth-order valence-corrected chi connectivity index (χ4v) is 3.03. The van der Waals surface area contributed by atoms with Gasteiger partial charge in [0, 0.05) is 44.5 Å². The van der Waals surface area contributed by atoms with E-state index in [1.54, 1.807) is 13.3 Å². The van der Waals surface area contributed by atoms with Crippen LogP contribution >= 0.6 is 0 Å². The Hall–Kier alpha value is -2.56. The van der Waals surface area contributed by atoms with Crippen LogP contribution in [0, 0.1) is 0 Å². The van der Waals surface area contributed by atoms with Crippen molar-refractivity contribution in [3.05, 3.63) is 54.4 Å². The van der Waals surface area contributed by atoms with Crippen LogP contribution in [0.3, 0.4) is 0 Å². The summed E-state index contributed by atoms with van der Waals surface area (Å²) in [6, 6.07) is 13.8. The van der Waals surface area contributed by atoms with Gasteiger partial charge in [-0.1, -0.05) is 18.2 Å². The van der Waals surface area contributed by atoms with Crippen molar-refractivity contribution >= 4 is 11.6 Å². The minimum absolute atomic E-state index is 0.209. The number of amides is 1. The Bertz CT molecular complexity index is 667. The summed E-state index contributed by atoms with van der Waals surface area (Å²) in [6.07, 6.45) is 2.99. The number of hydrogen-bond donors (Lipinski definition) is 0. The topological polar surface area (TPSA) is 45.7 Å². The van der Waals surface area contributed by atoms with Gasteiger partial charge in [-0.15, -0.1) is 0 Å². The molecule has 0 saturated carbocycles. The van der Waals surface area contributed by atoms with E-state index in [1.807, 2.05) is 41.3 Å². The van der Waals surface area contributed by atoms with Crippen molar-refractivity contribution in [2.24, 2.45) is 0 Å². The van der Waals surface area contributed by atoms with Gasteiger partial charge in [-0.05, 0) is 30.7 Å². The van der Waals surface area contributed by atoms with Crippen LogP contribution in [0.4, 0.5) is 5.69 Å². The maximum atomic E-state index is 12.4. The first-order valence-electron chi connectivity index (χ1n) is 8.33. The Morgan fingerprint density at radius 2 is 1.83 bits per heavy atom. The van der Waals surface area contributed by atoms with Gasteiger partial charge in [-0.25, -0.2) is 0 Å². The molecule has 0 spiro atoms. The normalized spacial score (nSPS) is 14.5. The van der Waals surface area contributed by atoms with E-state index >= 15 is 0 Å². The number of aromatic nitrogens is 1. The zero-order valence-electron chi connectivity index (χ0n) is 14.0. The first-order valence-corrected chi connectivity index (χ1v) is 8.33. The summed E-state index contributed by atoms with van der Waals surface area (Å²) in [5, 5.41) is 0. The van der Waals surface area contributed by atoms with Crippen LogP contribution in [0.15, 0.2) is 48.7 Å². The molecule has 1 aromatic carbocycles. The van der Waals surface area contributed by atoms with E-state index in [1.165, 1.54) is 0 Å². The summed E-state index contributed by atoms with van der Waals surface area (Å²) in [4.78, 5) is 20.9. The molecule has 0 N–H and O–H groups in total. The van der Waals surface area contributed by atoms with E-state index < -0.39 is 0 Å². The van der Waals surface area contributed by atoms with Crippen molar-refractivity contribution in [3.8, 4) is 5.75 Å². The molecule has 2 aromatic rings. The van der Waals surface area contributed by atoms with Gasteiger partial charge >= 0.3 is 0 Å². The molecule has 0 unspecified atom stereocenters. The molecule has 0 radical (unpaired) electrons. The van der Waals surface area contributed by atoms with Crippen LogP contribution in [0.5, 0.6) is 5.75 Å². The number of carbonyl (C=O) groups excluding carboxylic acids is 1. The van der Waals surface area contributed by atoms with E-state index in [4.69, 9.17) is 4.74 Å². The second-order valence-electron chi connectivity index (χ2n) is 5.86. The third kappa shape index (κ3) is 3.85. The van der Waals surface area contributed by atoms with E-state index in [9.17, 15) is 4.79 Å². The monoisotopic (exact) mass is 325 g/mol. The minimum atomic E-state index is 0.209. The van der Waals surface area contributed by atoms with Gasteiger partial charge < -0.3 is 14.5 Å². The first-order chi connectivity index (χ1) is 11.8. The van der Waals surface area contributed by atoms with Crippen molar-refractivity contribution in [2.75, 3.05) is 38.2 Å². The minimum Gasteiger partial charge on any atom is -0.495 e. The SMILES string of the molecule is COc1ccccc1N1CCN(C(=O)CCc2ccccn2)CC1. The summed E-state index contributed by atoms with van der Waals surface area (Å²) < 4.78 is 5.43. The Labute approximate surface area is 142 Å². The Balaban J connectivity index is 1.52. The number of rotatable bonds is 5. The summed E-state index contributed by atoms with van der Waals surface area (Å²) in [5.74, 6) is 1.09. The van der Waals surface area contributed by atoms with E-state index in [0.29, 0.717) is 12.8 Å². The number of para-hydroxylation sites is 2. The lowest BCUT2D eigenvalue weighted by molar-refractivity contribution is -0.131. The average molecular weight is 325 g/mol. The van der Waals surface area contributed by atoms with Crippen LogP contribution in [0.1, 0.15) is 12.1 Å². The van der Waals surface area contributed by atoms with Crippen molar-refractivity contribution < 1.29 is 9.53 Å². The lowest BCUT2D eigenvalue weighted by Crippen LogP contribution is -2.49. The number of ether oxygens (including phenoxy) is 1. The molecule has 1 fully saturated rings. The molecule has 2 heterocycles. The first kappa shape index (κ1) is 16.3. The number of benzene rings is 1. The molecule has 5 nitrogen and oxygen atoms in total. The second-order valence-corrected chi connectivity index (χ2v) is 5.86. The molecule has 0 aliphatic carbocycles. The third-order valence-corrected chi connectivity index (χ3v) is 4.38. The summed E-state index contributed by atoms with van der Waals surface area (Å²) in [7, 11) is 1.69. The second kappa shape index (κ2) is 7.81. The average Bonchev–Trinajstić information content (AvgIpc) is 2.67. The smallest absolute Gasteiger partial charge is 0.223 e. The van der Waals surface area contributed by atoms with Gasteiger partial charge in [-0.3, -0.25) is 9.78 Å². The van der Waals surface area contributed by atoms with Gasteiger partial charge in [0.2, 0.25) is 5.91 Å². The highest BCUT2D eigenvalue weighted by Gasteiger charge is 2.22. The zero-order chi connectivity index (χ0) is 16.8. The molecule has 1 amide bonds. The van der Waals surface area contributed by atoms with E-state index in [-0.39, 0.29) is 5.91 Å². The molecular weight excluding hydrogens is 302 g/mol. The molecule has 1 aliphatic heterocycles. The van der Waals surface area contributed by atoms with E-state index in [0.717, 1.165) is 43.3 Å². The number of pyridine rings is 1. The summed E-state index contributed by atoms with van der Waals surface area (Å²) in [5.41, 5.74) is 2.07.